The summed E-state index contributed by atoms with van der Waals surface area (Å²) in [5.41, 5.74) is 2.61. The van der Waals surface area contributed by atoms with Gasteiger partial charge in [-0.05, 0) is 53.8 Å². The van der Waals surface area contributed by atoms with Gasteiger partial charge in [0.1, 0.15) is 29.6 Å². The van der Waals surface area contributed by atoms with Gasteiger partial charge in [0, 0.05) is 10.6 Å². The van der Waals surface area contributed by atoms with E-state index in [-0.39, 0.29) is 23.9 Å². The molecule has 0 amide bonds. The number of nitrogens with zero attached hydrogens (tertiary/aromatic N) is 2. The SMILES string of the molecule is CCCCS(=O)(=O)CC(COc1ccc(Cl)cc1)OC(=O)CSc1nc(-c2cccs2)cc(-c2ccccc2)c1C#N. The molecule has 11 heteroatoms. The van der Waals surface area contributed by atoms with Gasteiger partial charge >= 0.3 is 5.97 Å². The number of benzene rings is 2. The van der Waals surface area contributed by atoms with Crippen LogP contribution in [0.5, 0.6) is 5.75 Å². The highest BCUT2D eigenvalue weighted by molar-refractivity contribution is 8.00. The first-order valence-corrected chi connectivity index (χ1v) is 17.3. The number of nitriles is 1. The van der Waals surface area contributed by atoms with Crippen LogP contribution in [0.1, 0.15) is 25.3 Å². The Kier molecular flexibility index (Phi) is 11.4. The van der Waals surface area contributed by atoms with Crippen LogP contribution in [0.3, 0.4) is 0 Å². The van der Waals surface area contributed by atoms with Crippen molar-refractivity contribution in [3.8, 4) is 33.5 Å². The van der Waals surface area contributed by atoms with Crippen molar-refractivity contribution in [1.82, 2.24) is 4.98 Å². The maximum Gasteiger partial charge on any atom is 0.316 e. The van der Waals surface area contributed by atoms with Crippen LogP contribution in [0, 0.1) is 11.3 Å². The van der Waals surface area contributed by atoms with Gasteiger partial charge in [0.05, 0.1) is 33.4 Å². The number of thiophene rings is 1. The quantitative estimate of drug-likeness (QED) is 0.104. The van der Waals surface area contributed by atoms with Crippen LogP contribution in [-0.4, -0.2) is 49.3 Å². The molecule has 0 aliphatic carbocycles. The van der Waals surface area contributed by atoms with E-state index in [1.165, 1.54) is 11.3 Å². The number of hydrogen-bond acceptors (Lipinski definition) is 9. The van der Waals surface area contributed by atoms with Crippen molar-refractivity contribution in [1.29, 1.82) is 5.26 Å². The van der Waals surface area contributed by atoms with Gasteiger partial charge in [0.25, 0.3) is 0 Å². The lowest BCUT2D eigenvalue weighted by molar-refractivity contribution is -0.146. The Labute approximate surface area is 259 Å². The number of rotatable bonds is 14. The molecule has 7 nitrogen and oxygen atoms in total. The highest BCUT2D eigenvalue weighted by Crippen LogP contribution is 2.35. The smallest absolute Gasteiger partial charge is 0.316 e. The van der Waals surface area contributed by atoms with Crippen molar-refractivity contribution in [2.24, 2.45) is 0 Å². The average molecular weight is 641 g/mol. The fourth-order valence-corrected chi connectivity index (χ4v) is 7.27. The third kappa shape index (κ3) is 9.07. The Morgan fingerprint density at radius 3 is 2.55 bits per heavy atom. The fourth-order valence-electron chi connectivity index (χ4n) is 4.04. The molecule has 0 bridgehead atoms. The monoisotopic (exact) mass is 640 g/mol. The lowest BCUT2D eigenvalue weighted by Gasteiger charge is -2.19. The molecule has 42 heavy (non-hydrogen) atoms. The van der Waals surface area contributed by atoms with E-state index in [1.54, 1.807) is 24.3 Å². The molecule has 0 aliphatic rings. The van der Waals surface area contributed by atoms with E-state index in [9.17, 15) is 18.5 Å². The van der Waals surface area contributed by atoms with Crippen molar-refractivity contribution in [2.45, 2.75) is 30.9 Å². The predicted octanol–water partition coefficient (Wildman–Crippen LogP) is 7.30. The number of carbonyl (C=O) groups excluding carboxylic acids is 1. The fraction of sp³-hybridized carbons (Fsp3) is 0.258. The minimum atomic E-state index is -3.48. The Bertz CT molecular complexity index is 1620. The number of unbranched alkanes of at least 4 members (excludes halogenated alkanes) is 1. The topological polar surface area (TPSA) is 106 Å². The number of esters is 1. The van der Waals surface area contributed by atoms with E-state index in [2.05, 4.69) is 6.07 Å². The molecule has 1 atom stereocenters. The van der Waals surface area contributed by atoms with Crippen molar-refractivity contribution < 1.29 is 22.7 Å². The van der Waals surface area contributed by atoms with Gasteiger partial charge in [-0.3, -0.25) is 4.79 Å². The zero-order valence-electron chi connectivity index (χ0n) is 22.9. The number of hydrogen-bond donors (Lipinski definition) is 0. The summed E-state index contributed by atoms with van der Waals surface area (Å²) in [6.45, 7) is 1.77. The highest BCUT2D eigenvalue weighted by Gasteiger charge is 2.25. The molecule has 0 saturated carbocycles. The third-order valence-electron chi connectivity index (χ3n) is 6.08. The molecular weight excluding hydrogens is 612 g/mol. The third-order valence-corrected chi connectivity index (χ3v) is 9.96. The molecule has 2 heterocycles. The van der Waals surface area contributed by atoms with E-state index < -0.39 is 21.9 Å². The summed E-state index contributed by atoms with van der Waals surface area (Å²) in [6, 6.07) is 24.1. The minimum absolute atomic E-state index is 0.000466. The van der Waals surface area contributed by atoms with Crippen LogP contribution in [-0.2, 0) is 19.4 Å². The molecule has 4 rings (SSSR count). The molecule has 2 aromatic carbocycles. The maximum absolute atomic E-state index is 13.0. The predicted molar refractivity (Wildman–Crippen MR) is 169 cm³/mol. The normalized spacial score (nSPS) is 11.9. The van der Waals surface area contributed by atoms with Gasteiger partial charge < -0.3 is 9.47 Å². The van der Waals surface area contributed by atoms with Crippen molar-refractivity contribution in [3.05, 3.63) is 88.8 Å². The second-order valence-corrected chi connectivity index (χ2v) is 13.9. The molecule has 0 saturated heterocycles. The average Bonchev–Trinajstić information content (AvgIpc) is 3.54. The summed E-state index contributed by atoms with van der Waals surface area (Å²) in [4.78, 5) is 18.7. The number of thioether (sulfide) groups is 1. The van der Waals surface area contributed by atoms with Gasteiger partial charge in [-0.15, -0.1) is 11.3 Å². The second kappa shape index (κ2) is 15.2. The molecular formula is C31H29ClN2O5S3. The summed E-state index contributed by atoms with van der Waals surface area (Å²) >= 11 is 8.54. The van der Waals surface area contributed by atoms with Crippen molar-refractivity contribution in [3.63, 3.8) is 0 Å². The van der Waals surface area contributed by atoms with Gasteiger partial charge in [-0.1, -0.05) is 73.1 Å². The lowest BCUT2D eigenvalue weighted by atomic mass is 10.0. The molecule has 0 aliphatic heterocycles. The Morgan fingerprint density at radius 1 is 1.12 bits per heavy atom. The molecule has 2 aromatic heterocycles. The van der Waals surface area contributed by atoms with Crippen LogP contribution in [0.4, 0.5) is 0 Å². The lowest BCUT2D eigenvalue weighted by Crippen LogP contribution is -2.33. The zero-order valence-corrected chi connectivity index (χ0v) is 26.1. The number of halogens is 1. The summed E-state index contributed by atoms with van der Waals surface area (Å²) in [5.74, 6) is -0.687. The zero-order chi connectivity index (χ0) is 30.0. The number of sulfone groups is 1. The first-order chi connectivity index (χ1) is 20.3. The van der Waals surface area contributed by atoms with Crippen LogP contribution in [0.2, 0.25) is 5.02 Å². The van der Waals surface area contributed by atoms with Crippen LogP contribution >= 0.6 is 34.7 Å². The van der Waals surface area contributed by atoms with Gasteiger partial charge in [-0.2, -0.15) is 5.26 Å². The summed E-state index contributed by atoms with van der Waals surface area (Å²) < 4.78 is 36.8. The maximum atomic E-state index is 13.0. The Hall–Kier alpha value is -3.36. The van der Waals surface area contributed by atoms with Gasteiger partial charge in [-0.25, -0.2) is 13.4 Å². The minimum Gasteiger partial charge on any atom is -0.490 e. The van der Waals surface area contributed by atoms with Crippen LogP contribution in [0.15, 0.2) is 83.2 Å². The molecule has 1 unspecified atom stereocenters. The van der Waals surface area contributed by atoms with Crippen molar-refractivity contribution >= 4 is 50.5 Å². The summed E-state index contributed by atoms with van der Waals surface area (Å²) in [6.07, 6.45) is 0.228. The number of pyridine rings is 1. The standard InChI is InChI=1S/C31H29ClN2O5S3/c1-2-3-16-42(36,37)21-25(19-38-24-13-11-23(32)12-14-24)39-30(35)20-41-31-27(18-33)26(22-8-5-4-6-9-22)17-28(34-31)29-10-7-15-40-29/h4-15,17,25H,2-3,16,19-21H2,1H3. The van der Waals surface area contributed by atoms with E-state index in [4.69, 9.17) is 26.1 Å². The highest BCUT2D eigenvalue weighted by atomic mass is 35.5. The second-order valence-electron chi connectivity index (χ2n) is 9.32. The van der Waals surface area contributed by atoms with Crippen molar-refractivity contribution in [2.75, 3.05) is 23.9 Å². The van der Waals surface area contributed by atoms with Gasteiger partial charge in [0.2, 0.25) is 0 Å². The first-order valence-electron chi connectivity index (χ1n) is 13.2. The molecule has 0 N–H and O–H groups in total. The first kappa shape index (κ1) is 31.6. The molecule has 4 aromatic rings. The van der Waals surface area contributed by atoms with E-state index in [0.29, 0.717) is 39.0 Å². The van der Waals surface area contributed by atoms with Gasteiger partial charge in [0.15, 0.2) is 9.84 Å². The van der Waals surface area contributed by atoms with E-state index in [1.807, 2.05) is 60.8 Å². The van der Waals surface area contributed by atoms with Crippen LogP contribution < -0.4 is 4.74 Å². The summed E-state index contributed by atoms with van der Waals surface area (Å²) in [7, 11) is -3.48. The van der Waals surface area contributed by atoms with E-state index >= 15 is 0 Å². The number of aromatic nitrogens is 1. The number of ether oxygens (including phenoxy) is 2. The Morgan fingerprint density at radius 2 is 1.88 bits per heavy atom. The largest absolute Gasteiger partial charge is 0.490 e. The van der Waals surface area contributed by atoms with Crippen LogP contribution in [0.25, 0.3) is 21.7 Å². The molecule has 0 radical (unpaired) electrons. The molecule has 0 fully saturated rings. The molecule has 0 spiro atoms. The molecule has 218 valence electrons. The van der Waals surface area contributed by atoms with E-state index in [0.717, 1.165) is 28.6 Å². The summed E-state index contributed by atoms with van der Waals surface area (Å²) in [5, 5.41) is 13.0. The Balaban J connectivity index is 1.53. The number of carbonyl (C=O) groups is 1.